The monoisotopic (exact) mass is 498 g/mol. The lowest BCUT2D eigenvalue weighted by Crippen LogP contribution is -2.38. The molecule has 7 nitrogen and oxygen atoms in total. The number of nitrogens with zero attached hydrogens (tertiary/aromatic N) is 2. The van der Waals surface area contributed by atoms with Gasteiger partial charge in [-0.25, -0.2) is 0 Å². The number of hydrogen-bond donors (Lipinski definition) is 1. The summed E-state index contributed by atoms with van der Waals surface area (Å²) in [7, 11) is 0. The molecule has 2 fully saturated rings. The van der Waals surface area contributed by atoms with Crippen LogP contribution >= 0.6 is 11.3 Å². The van der Waals surface area contributed by atoms with Crippen molar-refractivity contribution < 1.29 is 24.2 Å². The molecule has 1 atom stereocenters. The summed E-state index contributed by atoms with van der Waals surface area (Å²) in [6.07, 6.45) is 0.746. The first-order valence-corrected chi connectivity index (χ1v) is 13.1. The second-order valence-electron chi connectivity index (χ2n) is 9.50. The molecular formula is C27H34N2O5S. The highest BCUT2D eigenvalue weighted by molar-refractivity contribution is 7.10. The number of morpholine rings is 1. The van der Waals surface area contributed by atoms with E-state index in [4.69, 9.17) is 9.47 Å². The fourth-order valence-electron chi connectivity index (χ4n) is 4.54. The summed E-state index contributed by atoms with van der Waals surface area (Å²) in [6, 6.07) is 8.64. The predicted molar refractivity (Wildman–Crippen MR) is 137 cm³/mol. The molecule has 2 aromatic rings. The van der Waals surface area contributed by atoms with Gasteiger partial charge in [-0.1, -0.05) is 19.9 Å². The van der Waals surface area contributed by atoms with E-state index in [2.05, 4.69) is 18.7 Å². The molecule has 2 aliphatic heterocycles. The van der Waals surface area contributed by atoms with Gasteiger partial charge in [0.2, 0.25) is 0 Å². The molecule has 3 heterocycles. The van der Waals surface area contributed by atoms with Crippen LogP contribution in [0.3, 0.4) is 0 Å². The maximum atomic E-state index is 13.2. The van der Waals surface area contributed by atoms with E-state index in [9.17, 15) is 14.7 Å². The van der Waals surface area contributed by atoms with Crippen LogP contribution in [-0.4, -0.2) is 72.6 Å². The van der Waals surface area contributed by atoms with E-state index < -0.39 is 17.7 Å². The molecule has 2 saturated heterocycles. The first-order chi connectivity index (χ1) is 16.9. The average Bonchev–Trinajstić information content (AvgIpc) is 3.46. The van der Waals surface area contributed by atoms with Crippen molar-refractivity contribution in [3.05, 3.63) is 57.3 Å². The molecular weight excluding hydrogens is 464 g/mol. The molecule has 0 bridgehead atoms. The number of Topliss-reactive ketones (excluding diaryl/α,β-unsaturated/α-hetero) is 1. The maximum Gasteiger partial charge on any atom is 0.295 e. The second kappa shape index (κ2) is 11.4. The average molecular weight is 499 g/mol. The van der Waals surface area contributed by atoms with Gasteiger partial charge in [-0.15, -0.1) is 11.3 Å². The summed E-state index contributed by atoms with van der Waals surface area (Å²) in [5, 5.41) is 13.3. The Bertz CT molecular complexity index is 1070. The molecule has 1 N–H and O–H groups in total. The Hall–Kier alpha value is -2.68. The van der Waals surface area contributed by atoms with E-state index in [1.807, 2.05) is 30.5 Å². The molecule has 8 heteroatoms. The number of carbonyl (C=O) groups excluding carboxylic acids is 2. The Morgan fingerprint density at radius 3 is 2.63 bits per heavy atom. The van der Waals surface area contributed by atoms with Gasteiger partial charge < -0.3 is 19.5 Å². The number of carbonyl (C=O) groups is 2. The number of rotatable bonds is 9. The lowest BCUT2D eigenvalue weighted by Gasteiger charge is -2.28. The Balaban J connectivity index is 1.61. The molecule has 2 aliphatic rings. The van der Waals surface area contributed by atoms with Crippen LogP contribution in [0.4, 0.5) is 0 Å². The largest absolute Gasteiger partial charge is 0.507 e. The number of thiophene rings is 1. The van der Waals surface area contributed by atoms with Gasteiger partial charge in [-0.3, -0.25) is 14.5 Å². The van der Waals surface area contributed by atoms with E-state index in [-0.39, 0.29) is 11.3 Å². The standard InChI is InChI=1S/C27H34N2O5S/c1-18(2)17-34-20-7-8-21(19(3)16-20)25(30)23-24(22-6-4-15-35-22)29(27(32)26(23)31)10-5-9-28-11-13-33-14-12-28/h4,6-8,15-16,18,24,30H,5,9-14,17H2,1-3H3/b25-23+. The minimum absolute atomic E-state index is 0.134. The van der Waals surface area contributed by atoms with Gasteiger partial charge >= 0.3 is 0 Å². The molecule has 0 radical (unpaired) electrons. The van der Waals surface area contributed by atoms with E-state index in [0.717, 1.165) is 49.7 Å². The van der Waals surface area contributed by atoms with Crippen LogP contribution in [0.2, 0.25) is 0 Å². The number of ether oxygens (including phenoxy) is 2. The van der Waals surface area contributed by atoms with Gasteiger partial charge in [0.25, 0.3) is 11.7 Å². The van der Waals surface area contributed by atoms with Crippen molar-refractivity contribution in [1.82, 2.24) is 9.80 Å². The summed E-state index contributed by atoms with van der Waals surface area (Å²) >= 11 is 1.48. The number of likely N-dealkylation sites (tertiary alicyclic amines) is 1. The van der Waals surface area contributed by atoms with Gasteiger partial charge in [0.05, 0.1) is 31.4 Å². The van der Waals surface area contributed by atoms with Crippen molar-refractivity contribution in [3.63, 3.8) is 0 Å². The first-order valence-electron chi connectivity index (χ1n) is 12.2. The second-order valence-corrected chi connectivity index (χ2v) is 10.5. The molecule has 4 rings (SSSR count). The quantitative estimate of drug-likeness (QED) is 0.317. The van der Waals surface area contributed by atoms with Gasteiger partial charge in [0, 0.05) is 36.6 Å². The fourth-order valence-corrected chi connectivity index (χ4v) is 5.39. The van der Waals surface area contributed by atoms with E-state index in [0.29, 0.717) is 30.4 Å². The topological polar surface area (TPSA) is 79.3 Å². The molecule has 1 aromatic carbocycles. The zero-order valence-electron chi connectivity index (χ0n) is 20.7. The number of benzene rings is 1. The number of aryl methyl sites for hydroxylation is 1. The number of amides is 1. The lowest BCUT2D eigenvalue weighted by atomic mass is 9.97. The molecule has 0 saturated carbocycles. The smallest absolute Gasteiger partial charge is 0.295 e. The zero-order valence-corrected chi connectivity index (χ0v) is 21.5. The van der Waals surface area contributed by atoms with Crippen LogP contribution in [0.15, 0.2) is 41.3 Å². The number of ketones is 1. The molecule has 1 unspecified atom stereocenters. The SMILES string of the molecule is Cc1cc(OCC(C)C)ccc1/C(O)=C1\C(=O)C(=O)N(CCCN2CCOCC2)C1c1cccs1. The van der Waals surface area contributed by atoms with E-state index >= 15 is 0 Å². The number of aliphatic hydroxyl groups excluding tert-OH is 1. The van der Waals surface area contributed by atoms with Crippen molar-refractivity contribution in [2.75, 3.05) is 46.0 Å². The van der Waals surface area contributed by atoms with Gasteiger partial charge in [-0.2, -0.15) is 0 Å². The van der Waals surface area contributed by atoms with Crippen molar-refractivity contribution in [2.24, 2.45) is 5.92 Å². The third-order valence-electron chi connectivity index (χ3n) is 6.37. The normalized spacial score (nSPS) is 20.7. The Kier molecular flexibility index (Phi) is 8.26. The lowest BCUT2D eigenvalue weighted by molar-refractivity contribution is -0.140. The number of aliphatic hydroxyl groups is 1. The van der Waals surface area contributed by atoms with Crippen LogP contribution in [0.1, 0.15) is 42.3 Å². The van der Waals surface area contributed by atoms with Crippen LogP contribution in [-0.2, 0) is 14.3 Å². The molecule has 188 valence electrons. The van der Waals surface area contributed by atoms with Crippen LogP contribution in [0.25, 0.3) is 5.76 Å². The van der Waals surface area contributed by atoms with E-state index in [1.165, 1.54) is 11.3 Å². The molecule has 0 aliphatic carbocycles. The number of hydrogen-bond acceptors (Lipinski definition) is 7. The van der Waals surface area contributed by atoms with Crippen LogP contribution in [0, 0.1) is 12.8 Å². The van der Waals surface area contributed by atoms with Crippen molar-refractivity contribution in [2.45, 2.75) is 33.2 Å². The highest BCUT2D eigenvalue weighted by Crippen LogP contribution is 2.41. The van der Waals surface area contributed by atoms with Crippen LogP contribution in [0.5, 0.6) is 5.75 Å². The summed E-state index contributed by atoms with van der Waals surface area (Å²) in [5.74, 6) is -0.210. The Labute approximate surface area is 210 Å². The molecule has 1 amide bonds. The minimum atomic E-state index is -0.633. The first kappa shape index (κ1) is 25.4. The third-order valence-corrected chi connectivity index (χ3v) is 7.29. The summed E-state index contributed by atoms with van der Waals surface area (Å²) in [4.78, 5) is 31.1. The third kappa shape index (κ3) is 5.77. The van der Waals surface area contributed by atoms with Gasteiger partial charge in [-0.05, 0) is 54.5 Å². The van der Waals surface area contributed by atoms with E-state index in [1.54, 1.807) is 17.0 Å². The summed E-state index contributed by atoms with van der Waals surface area (Å²) in [5.41, 5.74) is 1.48. The van der Waals surface area contributed by atoms with Gasteiger partial charge in [0.15, 0.2) is 0 Å². The fraction of sp³-hybridized carbons (Fsp3) is 0.481. The summed E-state index contributed by atoms with van der Waals surface area (Å²) in [6.45, 7) is 11.1. The van der Waals surface area contributed by atoms with Gasteiger partial charge in [0.1, 0.15) is 11.5 Å². The van der Waals surface area contributed by atoms with Crippen molar-refractivity contribution in [3.8, 4) is 5.75 Å². The Morgan fingerprint density at radius 1 is 1.20 bits per heavy atom. The maximum absolute atomic E-state index is 13.2. The van der Waals surface area contributed by atoms with Crippen molar-refractivity contribution >= 4 is 28.8 Å². The molecule has 0 spiro atoms. The Morgan fingerprint density at radius 2 is 1.97 bits per heavy atom. The minimum Gasteiger partial charge on any atom is -0.507 e. The van der Waals surface area contributed by atoms with Crippen LogP contribution < -0.4 is 4.74 Å². The van der Waals surface area contributed by atoms with Crippen molar-refractivity contribution in [1.29, 1.82) is 0 Å². The summed E-state index contributed by atoms with van der Waals surface area (Å²) < 4.78 is 11.2. The zero-order chi connectivity index (χ0) is 24.9. The predicted octanol–water partition coefficient (Wildman–Crippen LogP) is 4.24. The highest BCUT2D eigenvalue weighted by Gasteiger charge is 2.46. The highest BCUT2D eigenvalue weighted by atomic mass is 32.1. The molecule has 1 aromatic heterocycles. The molecule has 35 heavy (non-hydrogen) atoms.